The number of hydrogen-bond donors (Lipinski definition) is 0. The fourth-order valence-corrected chi connectivity index (χ4v) is 4.26. The van der Waals surface area contributed by atoms with Gasteiger partial charge in [0.2, 0.25) is 5.78 Å². The van der Waals surface area contributed by atoms with Crippen molar-refractivity contribution in [2.24, 2.45) is 0 Å². The van der Waals surface area contributed by atoms with E-state index < -0.39 is 5.63 Å². The van der Waals surface area contributed by atoms with Crippen molar-refractivity contribution < 1.29 is 18.3 Å². The number of aryl methyl sites for hydroxylation is 1. The Morgan fingerprint density at radius 1 is 1.09 bits per heavy atom. The Morgan fingerprint density at radius 3 is 2.64 bits per heavy atom. The molecule has 5 rings (SSSR count). The molecule has 0 aliphatic rings. The minimum atomic E-state index is -0.679. The standard InChI is InChI=1S/C26H20BrN2O4/c1-16-6-11-24-28(13-16)14-21(17-7-9-19(27)10-8-17)29(24)15-22(30)20-12-18-4-3-5-23(32-2)25(18)33-26(20)31/h3-14H,15H2,1-2H3/q+1. The van der Waals surface area contributed by atoms with Gasteiger partial charge in [-0.3, -0.25) is 4.79 Å². The van der Waals surface area contributed by atoms with Crippen LogP contribution in [-0.2, 0) is 6.54 Å². The largest absolute Gasteiger partial charge is 0.493 e. The van der Waals surface area contributed by atoms with Gasteiger partial charge in [-0.25, -0.2) is 13.8 Å². The predicted octanol–water partition coefficient (Wildman–Crippen LogP) is 4.96. The molecule has 0 N–H and O–H groups in total. The minimum Gasteiger partial charge on any atom is -0.493 e. The molecule has 5 aromatic rings. The Labute approximate surface area is 197 Å². The third kappa shape index (κ3) is 3.85. The van der Waals surface area contributed by atoms with E-state index in [-0.39, 0.29) is 17.9 Å². The molecule has 2 aromatic carbocycles. The van der Waals surface area contributed by atoms with Crippen LogP contribution in [0.4, 0.5) is 0 Å². The topological polar surface area (TPSA) is 65.5 Å². The highest BCUT2D eigenvalue weighted by Gasteiger charge is 2.24. The van der Waals surface area contributed by atoms with Crippen molar-refractivity contribution in [2.75, 3.05) is 7.11 Å². The first-order valence-corrected chi connectivity index (χ1v) is 11.1. The van der Waals surface area contributed by atoms with Crippen LogP contribution < -0.4 is 14.8 Å². The average molecular weight is 504 g/mol. The van der Waals surface area contributed by atoms with E-state index in [1.807, 2.05) is 64.7 Å². The van der Waals surface area contributed by atoms with Crippen molar-refractivity contribution in [1.82, 2.24) is 4.57 Å². The van der Waals surface area contributed by atoms with Crippen molar-refractivity contribution in [1.29, 1.82) is 0 Å². The number of halogens is 1. The van der Waals surface area contributed by atoms with Gasteiger partial charge < -0.3 is 9.15 Å². The second kappa shape index (κ2) is 8.33. The maximum Gasteiger partial charge on any atom is 0.347 e. The summed E-state index contributed by atoms with van der Waals surface area (Å²) >= 11 is 3.47. The van der Waals surface area contributed by atoms with E-state index in [1.165, 1.54) is 7.11 Å². The summed E-state index contributed by atoms with van der Waals surface area (Å²) in [6.07, 6.45) is 4.00. The van der Waals surface area contributed by atoms with Crippen molar-refractivity contribution in [2.45, 2.75) is 13.5 Å². The summed E-state index contributed by atoms with van der Waals surface area (Å²) in [6, 6.07) is 18.7. The maximum atomic E-state index is 13.4. The number of para-hydroxylation sites is 1. The van der Waals surface area contributed by atoms with Gasteiger partial charge in [0.25, 0.3) is 5.65 Å². The number of fused-ring (bicyclic) bond motifs is 2. The number of benzene rings is 2. The van der Waals surface area contributed by atoms with E-state index in [4.69, 9.17) is 9.15 Å². The highest BCUT2D eigenvalue weighted by molar-refractivity contribution is 9.10. The summed E-state index contributed by atoms with van der Waals surface area (Å²) in [6.45, 7) is 2.01. The lowest BCUT2D eigenvalue weighted by Crippen LogP contribution is -2.22. The fraction of sp³-hybridized carbons (Fsp3) is 0.115. The number of imidazole rings is 1. The second-order valence-corrected chi connectivity index (χ2v) is 8.74. The van der Waals surface area contributed by atoms with Gasteiger partial charge in [0.15, 0.2) is 23.6 Å². The molecule has 0 aliphatic heterocycles. The number of ketones is 1. The number of hydrogen-bond acceptors (Lipinski definition) is 4. The molecule has 0 radical (unpaired) electrons. The molecule has 0 bridgehead atoms. The minimum absolute atomic E-state index is 0.00874. The zero-order chi connectivity index (χ0) is 23.1. The van der Waals surface area contributed by atoms with Gasteiger partial charge >= 0.3 is 5.63 Å². The lowest BCUT2D eigenvalue weighted by molar-refractivity contribution is -0.510. The Morgan fingerprint density at radius 2 is 1.88 bits per heavy atom. The number of methoxy groups -OCH3 is 1. The molecule has 7 heteroatoms. The van der Waals surface area contributed by atoms with Crippen molar-refractivity contribution in [3.63, 3.8) is 0 Å². The Kier molecular flexibility index (Phi) is 5.34. The lowest BCUT2D eigenvalue weighted by Gasteiger charge is -2.06. The molecule has 0 saturated heterocycles. The number of pyridine rings is 1. The summed E-state index contributed by atoms with van der Waals surface area (Å²) in [7, 11) is 1.51. The van der Waals surface area contributed by atoms with Crippen LogP contribution in [0, 0.1) is 6.92 Å². The molecule has 164 valence electrons. The van der Waals surface area contributed by atoms with Crippen LogP contribution in [0.3, 0.4) is 0 Å². The summed E-state index contributed by atoms with van der Waals surface area (Å²) in [5, 5.41) is 0.632. The molecule has 0 spiro atoms. The lowest BCUT2D eigenvalue weighted by atomic mass is 10.1. The number of carbonyl (C=O) groups excluding carboxylic acids is 1. The van der Waals surface area contributed by atoms with E-state index >= 15 is 0 Å². The molecule has 0 fully saturated rings. The molecular weight excluding hydrogens is 484 g/mol. The van der Waals surface area contributed by atoms with E-state index in [0.717, 1.165) is 26.9 Å². The molecule has 33 heavy (non-hydrogen) atoms. The smallest absolute Gasteiger partial charge is 0.347 e. The Balaban J connectivity index is 1.62. The first-order chi connectivity index (χ1) is 15.9. The van der Waals surface area contributed by atoms with E-state index in [9.17, 15) is 9.59 Å². The van der Waals surface area contributed by atoms with Gasteiger partial charge in [-0.05, 0) is 55.0 Å². The van der Waals surface area contributed by atoms with Crippen LogP contribution in [0.2, 0.25) is 0 Å². The SMILES string of the molecule is COc1cccc2cc(C(=O)Cn3c(-c4ccc(Br)cc4)c[n+]4cc(C)ccc34)c(=O)oc12. The normalized spacial score (nSPS) is 11.2. The van der Waals surface area contributed by atoms with Gasteiger partial charge in [-0.2, -0.15) is 0 Å². The van der Waals surface area contributed by atoms with E-state index in [1.54, 1.807) is 24.3 Å². The van der Waals surface area contributed by atoms with Crippen molar-refractivity contribution in [3.8, 4) is 17.0 Å². The average Bonchev–Trinajstić information content (AvgIpc) is 3.15. The second-order valence-electron chi connectivity index (χ2n) is 7.83. The van der Waals surface area contributed by atoms with Crippen LogP contribution in [-0.4, -0.2) is 17.5 Å². The third-order valence-corrected chi connectivity index (χ3v) is 6.15. The van der Waals surface area contributed by atoms with Crippen LogP contribution in [0.1, 0.15) is 15.9 Å². The van der Waals surface area contributed by atoms with Crippen LogP contribution in [0.5, 0.6) is 5.75 Å². The molecule has 3 heterocycles. The monoisotopic (exact) mass is 503 g/mol. The first-order valence-electron chi connectivity index (χ1n) is 10.4. The van der Waals surface area contributed by atoms with Crippen LogP contribution >= 0.6 is 15.9 Å². The molecule has 0 atom stereocenters. The van der Waals surface area contributed by atoms with Crippen molar-refractivity contribution in [3.05, 3.63) is 99.1 Å². The maximum absolute atomic E-state index is 13.4. The zero-order valence-corrected chi connectivity index (χ0v) is 19.6. The van der Waals surface area contributed by atoms with Gasteiger partial charge in [0.05, 0.1) is 13.3 Å². The highest BCUT2D eigenvalue weighted by atomic mass is 79.9. The summed E-state index contributed by atoms with van der Waals surface area (Å²) < 4.78 is 15.6. The summed E-state index contributed by atoms with van der Waals surface area (Å²) in [4.78, 5) is 26.1. The third-order valence-electron chi connectivity index (χ3n) is 5.62. The summed E-state index contributed by atoms with van der Waals surface area (Å²) in [5.41, 5.74) is 3.44. The molecule has 0 unspecified atom stereocenters. The molecule has 6 nitrogen and oxygen atoms in total. The summed E-state index contributed by atoms with van der Waals surface area (Å²) in [5.74, 6) is 0.120. The number of rotatable bonds is 5. The number of ether oxygens (including phenoxy) is 1. The van der Waals surface area contributed by atoms with Gasteiger partial charge in [-0.1, -0.05) is 28.1 Å². The van der Waals surface area contributed by atoms with Gasteiger partial charge in [-0.15, -0.1) is 0 Å². The van der Waals surface area contributed by atoms with Crippen LogP contribution in [0.15, 0.2) is 86.7 Å². The fourth-order valence-electron chi connectivity index (χ4n) is 4.00. The molecule has 0 amide bonds. The number of carbonyl (C=O) groups is 1. The molecular formula is C26H20BrN2O4+. The number of Topliss-reactive ketones (excluding diaryl/α,β-unsaturated/α-hetero) is 1. The predicted molar refractivity (Wildman–Crippen MR) is 129 cm³/mol. The van der Waals surface area contributed by atoms with E-state index in [2.05, 4.69) is 15.9 Å². The number of nitrogens with zero attached hydrogens (tertiary/aromatic N) is 2. The highest BCUT2D eigenvalue weighted by Crippen LogP contribution is 2.26. The molecule has 3 aromatic heterocycles. The molecule has 0 saturated carbocycles. The molecule has 0 aliphatic carbocycles. The quantitative estimate of drug-likeness (QED) is 0.193. The van der Waals surface area contributed by atoms with Crippen molar-refractivity contribution >= 4 is 38.3 Å². The zero-order valence-electron chi connectivity index (χ0n) is 18.0. The Bertz CT molecular complexity index is 1580. The van der Waals surface area contributed by atoms with E-state index in [0.29, 0.717) is 16.7 Å². The van der Waals surface area contributed by atoms with Gasteiger partial charge in [0.1, 0.15) is 11.8 Å². The first kappa shape index (κ1) is 21.2. The number of aromatic nitrogens is 2. The van der Waals surface area contributed by atoms with Crippen LogP contribution in [0.25, 0.3) is 27.9 Å². The van der Waals surface area contributed by atoms with Gasteiger partial charge in [0, 0.05) is 21.5 Å². The Hall–Kier alpha value is -3.71.